The van der Waals surface area contributed by atoms with Crippen molar-refractivity contribution >= 4 is 29.5 Å². The van der Waals surface area contributed by atoms with Crippen LogP contribution in [0.15, 0.2) is 18.2 Å². The van der Waals surface area contributed by atoms with Gasteiger partial charge in [0.05, 0.1) is 6.42 Å². The van der Waals surface area contributed by atoms with Crippen LogP contribution in [0.5, 0.6) is 0 Å². The summed E-state index contributed by atoms with van der Waals surface area (Å²) < 4.78 is 11.3. The van der Waals surface area contributed by atoms with E-state index in [2.05, 4.69) is 0 Å². The molecule has 0 bridgehead atoms. The fourth-order valence-corrected chi connectivity index (χ4v) is 4.20. The molecule has 0 fully saturated rings. The van der Waals surface area contributed by atoms with E-state index in [1.165, 1.54) is 0 Å². The van der Waals surface area contributed by atoms with Crippen LogP contribution in [0.3, 0.4) is 0 Å². The van der Waals surface area contributed by atoms with Crippen molar-refractivity contribution in [2.75, 3.05) is 0 Å². The Morgan fingerprint density at radius 3 is 1.97 bits per heavy atom. The van der Waals surface area contributed by atoms with E-state index < -0.39 is 39.9 Å². The zero-order valence-corrected chi connectivity index (χ0v) is 19.5. The standard InChI is InChI=1S/C23H31ClO6/c1-20(2,3)29-18(27)23(19(28)30-21(4,5)6)11-14-8-9-15(24)10-16(14)22(7,13-23)12-17(25)26/h8-10H,11-13H2,1-7H3,(H,25,26). The number of hydrogen-bond donors (Lipinski definition) is 1. The molecule has 0 heterocycles. The molecule has 1 atom stereocenters. The van der Waals surface area contributed by atoms with E-state index in [0.717, 1.165) is 5.56 Å². The van der Waals surface area contributed by atoms with Crippen molar-refractivity contribution in [3.8, 4) is 0 Å². The maximum atomic E-state index is 13.4. The molecule has 6 nitrogen and oxygen atoms in total. The molecular formula is C23H31ClO6. The number of carboxylic acids is 1. The number of carbonyl (C=O) groups is 3. The maximum absolute atomic E-state index is 13.4. The summed E-state index contributed by atoms with van der Waals surface area (Å²) in [6.07, 6.45) is -0.268. The van der Waals surface area contributed by atoms with Crippen molar-refractivity contribution in [2.24, 2.45) is 5.41 Å². The van der Waals surface area contributed by atoms with Gasteiger partial charge in [0.2, 0.25) is 0 Å². The molecule has 0 saturated heterocycles. The minimum atomic E-state index is -1.66. The number of rotatable bonds is 4. The average molecular weight is 439 g/mol. The minimum absolute atomic E-state index is 0.0521. The SMILES string of the molecule is CC(C)(C)OC(=O)C1(C(=O)OC(C)(C)C)Cc2ccc(Cl)cc2C(C)(CC(=O)O)C1. The van der Waals surface area contributed by atoms with Crippen LogP contribution in [-0.2, 0) is 35.7 Å². The van der Waals surface area contributed by atoms with E-state index in [1.54, 1.807) is 66.7 Å². The molecule has 0 aromatic heterocycles. The zero-order chi connectivity index (χ0) is 23.1. The number of ether oxygens (including phenoxy) is 2. The first-order chi connectivity index (χ1) is 13.5. The van der Waals surface area contributed by atoms with Crippen LogP contribution < -0.4 is 0 Å². The monoisotopic (exact) mass is 438 g/mol. The van der Waals surface area contributed by atoms with Crippen molar-refractivity contribution in [3.63, 3.8) is 0 Å². The summed E-state index contributed by atoms with van der Waals surface area (Å²) in [4.78, 5) is 38.5. The lowest BCUT2D eigenvalue weighted by atomic mass is 9.59. The predicted molar refractivity (Wildman–Crippen MR) is 114 cm³/mol. The number of aliphatic carboxylic acids is 1. The molecule has 7 heteroatoms. The number of carboxylic acid groups (broad SMARTS) is 1. The van der Waals surface area contributed by atoms with E-state index in [1.807, 2.05) is 0 Å². The third-order valence-electron chi connectivity index (χ3n) is 5.03. The van der Waals surface area contributed by atoms with Crippen molar-refractivity contribution in [1.29, 1.82) is 0 Å². The highest BCUT2D eigenvalue weighted by molar-refractivity contribution is 6.30. The highest BCUT2D eigenvalue weighted by Crippen LogP contribution is 2.50. The Morgan fingerprint density at radius 1 is 1.03 bits per heavy atom. The normalized spacial score (nSPS) is 20.8. The first-order valence-electron chi connectivity index (χ1n) is 9.95. The van der Waals surface area contributed by atoms with E-state index in [9.17, 15) is 19.5 Å². The Labute approximate surface area is 182 Å². The van der Waals surface area contributed by atoms with E-state index in [0.29, 0.717) is 10.6 Å². The lowest BCUT2D eigenvalue weighted by Gasteiger charge is -2.45. The van der Waals surface area contributed by atoms with Crippen LogP contribution in [0.4, 0.5) is 0 Å². The Balaban J connectivity index is 2.69. The quantitative estimate of drug-likeness (QED) is 0.541. The number of carbonyl (C=O) groups excluding carboxylic acids is 2. The van der Waals surface area contributed by atoms with E-state index in [-0.39, 0.29) is 19.3 Å². The van der Waals surface area contributed by atoms with Crippen LogP contribution in [-0.4, -0.2) is 34.2 Å². The second-order valence-electron chi connectivity index (χ2n) is 10.4. The molecule has 0 saturated carbocycles. The Kier molecular flexibility index (Phi) is 6.35. The third-order valence-corrected chi connectivity index (χ3v) is 5.26. The van der Waals surface area contributed by atoms with Crippen LogP contribution >= 0.6 is 11.6 Å². The second-order valence-corrected chi connectivity index (χ2v) is 10.8. The summed E-state index contributed by atoms with van der Waals surface area (Å²) >= 11 is 6.18. The molecule has 30 heavy (non-hydrogen) atoms. The third kappa shape index (κ3) is 5.34. The number of fused-ring (bicyclic) bond motifs is 1. The summed E-state index contributed by atoms with van der Waals surface area (Å²) in [7, 11) is 0. The van der Waals surface area contributed by atoms with Gasteiger partial charge in [0.25, 0.3) is 0 Å². The van der Waals surface area contributed by atoms with Gasteiger partial charge >= 0.3 is 17.9 Å². The lowest BCUT2D eigenvalue weighted by Crippen LogP contribution is -2.54. The van der Waals surface area contributed by atoms with Gasteiger partial charge < -0.3 is 14.6 Å². The summed E-state index contributed by atoms with van der Waals surface area (Å²) in [6, 6.07) is 5.12. The van der Waals surface area contributed by atoms with Crippen LogP contribution in [0.2, 0.25) is 5.02 Å². The number of esters is 2. The predicted octanol–water partition coefficient (Wildman–Crippen LogP) is 4.69. The van der Waals surface area contributed by atoms with Crippen molar-refractivity contribution in [3.05, 3.63) is 34.3 Å². The molecule has 0 aliphatic heterocycles. The first-order valence-corrected chi connectivity index (χ1v) is 10.3. The molecule has 2 rings (SSSR count). The number of benzene rings is 1. The van der Waals surface area contributed by atoms with Crippen molar-refractivity contribution in [1.82, 2.24) is 0 Å². The summed E-state index contributed by atoms with van der Waals surface area (Å²) in [5.74, 6) is -2.45. The number of halogens is 1. The fraction of sp³-hybridized carbons (Fsp3) is 0.609. The Morgan fingerprint density at radius 2 is 1.53 bits per heavy atom. The maximum Gasteiger partial charge on any atom is 0.324 e. The van der Waals surface area contributed by atoms with E-state index >= 15 is 0 Å². The molecule has 1 aliphatic rings. The summed E-state index contributed by atoms with van der Waals surface area (Å²) in [5, 5.41) is 10.0. The first kappa shape index (κ1) is 24.2. The van der Waals surface area contributed by atoms with Crippen LogP contribution in [0.25, 0.3) is 0 Å². The summed E-state index contributed by atoms with van der Waals surface area (Å²) in [6.45, 7) is 12.1. The second kappa shape index (κ2) is 7.88. The van der Waals surface area contributed by atoms with Gasteiger partial charge in [-0.2, -0.15) is 0 Å². The van der Waals surface area contributed by atoms with Crippen molar-refractivity contribution < 1.29 is 29.0 Å². The molecule has 1 aliphatic carbocycles. The molecule has 0 radical (unpaired) electrons. The molecular weight excluding hydrogens is 408 g/mol. The zero-order valence-electron chi connectivity index (χ0n) is 18.7. The Bertz CT molecular complexity index is 833. The highest BCUT2D eigenvalue weighted by atomic mass is 35.5. The van der Waals surface area contributed by atoms with Gasteiger partial charge in [-0.05, 0) is 77.6 Å². The lowest BCUT2D eigenvalue weighted by molar-refractivity contribution is -0.188. The van der Waals surface area contributed by atoms with Gasteiger partial charge in [-0.1, -0.05) is 24.6 Å². The highest BCUT2D eigenvalue weighted by Gasteiger charge is 2.58. The number of hydrogen-bond acceptors (Lipinski definition) is 5. The smallest absolute Gasteiger partial charge is 0.324 e. The van der Waals surface area contributed by atoms with Gasteiger partial charge in [0.15, 0.2) is 5.41 Å². The molecule has 1 N–H and O–H groups in total. The van der Waals surface area contributed by atoms with Gasteiger partial charge in [0, 0.05) is 10.4 Å². The van der Waals surface area contributed by atoms with Gasteiger partial charge in [-0.15, -0.1) is 0 Å². The molecule has 0 spiro atoms. The largest absolute Gasteiger partial charge is 0.481 e. The minimum Gasteiger partial charge on any atom is -0.481 e. The Hall–Kier alpha value is -2.08. The average Bonchev–Trinajstić information content (AvgIpc) is 2.51. The molecule has 1 unspecified atom stereocenters. The van der Waals surface area contributed by atoms with Gasteiger partial charge in [0.1, 0.15) is 11.2 Å². The molecule has 1 aromatic rings. The van der Waals surface area contributed by atoms with E-state index in [4.69, 9.17) is 21.1 Å². The topological polar surface area (TPSA) is 89.9 Å². The van der Waals surface area contributed by atoms with Gasteiger partial charge in [-0.25, -0.2) is 0 Å². The van der Waals surface area contributed by atoms with Crippen LogP contribution in [0, 0.1) is 5.41 Å². The molecule has 0 amide bonds. The summed E-state index contributed by atoms with van der Waals surface area (Å²) in [5.41, 5.74) is -2.92. The molecule has 166 valence electrons. The molecule has 1 aromatic carbocycles. The van der Waals surface area contributed by atoms with Crippen molar-refractivity contribution in [2.45, 2.75) is 84.3 Å². The van der Waals surface area contributed by atoms with Crippen LogP contribution in [0.1, 0.15) is 72.4 Å². The van der Waals surface area contributed by atoms with Gasteiger partial charge in [-0.3, -0.25) is 14.4 Å². The fourth-order valence-electron chi connectivity index (χ4n) is 4.03.